The van der Waals surface area contributed by atoms with Crippen molar-refractivity contribution in [2.75, 3.05) is 47.5 Å². The Hall–Kier alpha value is -3.11. The van der Waals surface area contributed by atoms with Gasteiger partial charge in [0.25, 0.3) is 7.82 Å². The van der Waals surface area contributed by atoms with Crippen LogP contribution in [-0.4, -0.2) is 81.2 Å². The summed E-state index contributed by atoms with van der Waals surface area (Å²) < 4.78 is 33.7. The molecule has 0 bridgehead atoms. The number of phosphoric ester groups is 1. The molecule has 0 saturated carbocycles. The number of ether oxygens (including phenoxy) is 2. The van der Waals surface area contributed by atoms with Gasteiger partial charge in [0.05, 0.1) is 33.9 Å². The number of aliphatic hydroxyl groups is 1. The quantitative estimate of drug-likeness (QED) is 0.0161. The third kappa shape index (κ3) is 42.8. The lowest BCUT2D eigenvalue weighted by Gasteiger charge is -2.28. The lowest BCUT2D eigenvalue weighted by molar-refractivity contribution is -0.870. The van der Waals surface area contributed by atoms with Gasteiger partial charge in [-0.15, -0.1) is 0 Å². The van der Waals surface area contributed by atoms with Crippen molar-refractivity contribution in [2.45, 2.75) is 148 Å². The maximum Gasteiger partial charge on any atom is 0.306 e. The van der Waals surface area contributed by atoms with Crippen molar-refractivity contribution in [3.8, 4) is 0 Å². The molecule has 2 unspecified atom stereocenters. The lowest BCUT2D eigenvalue weighted by atomic mass is 10.1. The Bertz CT molecular complexity index is 1340. The van der Waals surface area contributed by atoms with Crippen LogP contribution >= 0.6 is 7.82 Å². The summed E-state index contributed by atoms with van der Waals surface area (Å²) in [6.07, 6.45) is 47.7. The number of esters is 2. The molecule has 11 heteroatoms. The summed E-state index contributed by atoms with van der Waals surface area (Å²) in [7, 11) is 1.05. The largest absolute Gasteiger partial charge is 0.756 e. The molecule has 1 N–H and O–H groups in total. The van der Waals surface area contributed by atoms with Gasteiger partial charge >= 0.3 is 11.9 Å². The van der Waals surface area contributed by atoms with Crippen LogP contribution in [0.25, 0.3) is 0 Å². The molecule has 0 saturated heterocycles. The van der Waals surface area contributed by atoms with Crippen LogP contribution in [0.4, 0.5) is 0 Å². The summed E-state index contributed by atoms with van der Waals surface area (Å²) in [5, 5.41) is 10.0. The van der Waals surface area contributed by atoms with Gasteiger partial charge in [0.1, 0.15) is 19.8 Å². The molecule has 3 atom stereocenters. The summed E-state index contributed by atoms with van der Waals surface area (Å²) in [4.78, 5) is 37.5. The summed E-state index contributed by atoms with van der Waals surface area (Å²) in [6, 6.07) is 0. The number of hydrogen-bond donors (Lipinski definition) is 1. The van der Waals surface area contributed by atoms with Crippen LogP contribution in [0.5, 0.6) is 0 Å². The molecule has 0 rings (SSSR count). The average Bonchev–Trinajstić information content (AvgIpc) is 3.18. The maximum absolute atomic E-state index is 12.7. The Balaban J connectivity index is 4.62. The number of quaternary nitrogens is 1. The Morgan fingerprint density at radius 2 is 1.19 bits per heavy atom. The van der Waals surface area contributed by atoms with Crippen molar-refractivity contribution in [1.82, 2.24) is 0 Å². The highest BCUT2D eigenvalue weighted by Gasteiger charge is 2.21. The van der Waals surface area contributed by atoms with Gasteiger partial charge in [-0.05, 0) is 77.0 Å². The van der Waals surface area contributed by atoms with E-state index in [1.807, 2.05) is 69.8 Å². The first-order valence-electron chi connectivity index (χ1n) is 22.1. The maximum atomic E-state index is 12.7. The highest BCUT2D eigenvalue weighted by Crippen LogP contribution is 2.38. The third-order valence-corrected chi connectivity index (χ3v) is 9.63. The van der Waals surface area contributed by atoms with Gasteiger partial charge in [-0.25, -0.2) is 0 Å². The molecule has 0 aliphatic carbocycles. The zero-order valence-corrected chi connectivity index (χ0v) is 38.2. The van der Waals surface area contributed by atoms with Gasteiger partial charge in [0.2, 0.25) is 0 Å². The Morgan fingerprint density at radius 3 is 1.81 bits per heavy atom. The first-order valence-corrected chi connectivity index (χ1v) is 23.5. The van der Waals surface area contributed by atoms with Crippen molar-refractivity contribution < 1.29 is 47.2 Å². The molecular formula is C48H80NO9P. The van der Waals surface area contributed by atoms with E-state index in [1.165, 1.54) is 38.5 Å². The fraction of sp³-hybridized carbons (Fsp3) is 0.625. The van der Waals surface area contributed by atoms with Gasteiger partial charge in [-0.3, -0.25) is 14.2 Å². The third-order valence-electron chi connectivity index (χ3n) is 8.67. The molecule has 0 radical (unpaired) electrons. The molecule has 59 heavy (non-hydrogen) atoms. The molecule has 0 aliphatic heterocycles. The second-order valence-corrected chi connectivity index (χ2v) is 16.9. The van der Waals surface area contributed by atoms with Crippen molar-refractivity contribution in [3.05, 3.63) is 97.2 Å². The second kappa shape index (κ2) is 39.1. The molecule has 0 aromatic heterocycles. The standard InChI is InChI=1S/C48H80NO9P/c1-6-8-10-12-14-15-16-17-18-19-20-21-22-23-28-32-36-40-48(52)58-46(44-57-59(53,54)56-42-41-49(3,4)5)43-55-47(51)39-35-31-27-25-24-26-30-34-38-45(50)37-33-29-13-11-9-7-2/h9,11,17-18,20-21,23,25-30,33-34,38,45-46,50H,6-8,10,12-16,19,22,24,31-32,35-37,39-44H2,1-5H3/b11-9-,18-17-,21-20-,27-25-,28-23-,30-26-,33-29-,38-34+/t45?,46-/m1/s1. The predicted octanol–water partition coefficient (Wildman–Crippen LogP) is 10.9. The topological polar surface area (TPSA) is 131 Å². The van der Waals surface area contributed by atoms with Crippen LogP contribution in [0, 0.1) is 0 Å². The van der Waals surface area contributed by atoms with Crippen LogP contribution in [0.1, 0.15) is 136 Å². The minimum absolute atomic E-state index is 0.0644. The molecule has 0 heterocycles. The van der Waals surface area contributed by atoms with Crippen molar-refractivity contribution in [3.63, 3.8) is 0 Å². The molecule has 336 valence electrons. The molecule has 0 spiro atoms. The van der Waals surface area contributed by atoms with Crippen LogP contribution in [0.3, 0.4) is 0 Å². The molecule has 0 aliphatic rings. The summed E-state index contributed by atoms with van der Waals surface area (Å²) in [5.74, 6) is -1.01. The Kier molecular flexibility index (Phi) is 37.0. The van der Waals surface area contributed by atoms with Gasteiger partial charge in [0, 0.05) is 12.8 Å². The number of hydrogen-bond acceptors (Lipinski definition) is 9. The fourth-order valence-corrected chi connectivity index (χ4v) is 5.93. The zero-order valence-electron chi connectivity index (χ0n) is 37.3. The van der Waals surface area contributed by atoms with Gasteiger partial charge in [-0.1, -0.05) is 143 Å². The molecular weight excluding hydrogens is 765 g/mol. The van der Waals surface area contributed by atoms with E-state index >= 15 is 0 Å². The first-order chi connectivity index (χ1) is 28.4. The number of carbonyl (C=O) groups excluding carboxylic acids is 2. The van der Waals surface area contributed by atoms with Gasteiger partial charge in [0.15, 0.2) is 6.10 Å². The average molecular weight is 846 g/mol. The van der Waals surface area contributed by atoms with Crippen LogP contribution in [0.2, 0.25) is 0 Å². The van der Waals surface area contributed by atoms with E-state index in [1.54, 1.807) is 6.08 Å². The Labute approximate surface area is 358 Å². The number of carbonyl (C=O) groups is 2. The molecule has 0 amide bonds. The number of rotatable bonds is 38. The van der Waals surface area contributed by atoms with Crippen molar-refractivity contribution in [2.24, 2.45) is 0 Å². The van der Waals surface area contributed by atoms with Gasteiger partial charge in [-0.2, -0.15) is 0 Å². The fourth-order valence-electron chi connectivity index (χ4n) is 5.20. The highest BCUT2D eigenvalue weighted by atomic mass is 31.2. The van der Waals surface area contributed by atoms with Crippen LogP contribution < -0.4 is 4.89 Å². The van der Waals surface area contributed by atoms with Crippen molar-refractivity contribution in [1.29, 1.82) is 0 Å². The minimum Gasteiger partial charge on any atom is -0.756 e. The van der Waals surface area contributed by atoms with Crippen molar-refractivity contribution >= 4 is 19.8 Å². The van der Waals surface area contributed by atoms with E-state index < -0.39 is 38.6 Å². The summed E-state index contributed by atoms with van der Waals surface area (Å²) in [5.41, 5.74) is 0. The number of unbranched alkanes of at least 4 members (excludes halogenated alkanes) is 8. The lowest BCUT2D eigenvalue weighted by Crippen LogP contribution is -2.37. The number of phosphoric acid groups is 1. The van der Waals surface area contributed by atoms with Crippen LogP contribution in [0.15, 0.2) is 97.2 Å². The molecule has 10 nitrogen and oxygen atoms in total. The molecule has 0 fully saturated rings. The van der Waals surface area contributed by atoms with Crippen LogP contribution in [-0.2, 0) is 32.7 Å². The van der Waals surface area contributed by atoms with E-state index in [-0.39, 0.29) is 26.1 Å². The number of likely N-dealkylation sites (N-methyl/N-ethyl adjacent to an activating group) is 1. The summed E-state index contributed by atoms with van der Waals surface area (Å²) in [6.45, 7) is 3.86. The van der Waals surface area contributed by atoms with E-state index in [0.717, 1.165) is 38.5 Å². The minimum atomic E-state index is -4.67. The molecule has 0 aromatic carbocycles. The monoisotopic (exact) mass is 846 g/mol. The van der Waals surface area contributed by atoms with E-state index in [2.05, 4.69) is 56.4 Å². The van der Waals surface area contributed by atoms with E-state index in [9.17, 15) is 24.2 Å². The second-order valence-electron chi connectivity index (χ2n) is 15.5. The normalized spacial score (nSPS) is 15.0. The SMILES string of the molecule is CC/C=C\C/C=C\CC(O)/C=C/C=C\C/C=C\CCCC(=O)OC[C@H](COP(=O)([O-])OCC[N+](C)(C)C)OC(=O)CCC/C=C\C/C=C\C/C=C\CCCCCCCC. The zero-order chi connectivity index (χ0) is 43.7. The smallest absolute Gasteiger partial charge is 0.306 e. The van der Waals surface area contributed by atoms with Gasteiger partial charge < -0.3 is 33.0 Å². The Morgan fingerprint density at radius 1 is 0.644 bits per heavy atom. The predicted molar refractivity (Wildman–Crippen MR) is 241 cm³/mol. The van der Waals surface area contributed by atoms with E-state index in [4.69, 9.17) is 18.5 Å². The first kappa shape index (κ1) is 55.9. The highest BCUT2D eigenvalue weighted by molar-refractivity contribution is 7.45. The number of allylic oxidation sites excluding steroid dienone is 14. The molecule has 0 aromatic rings. The van der Waals surface area contributed by atoms with E-state index in [0.29, 0.717) is 43.1 Å². The number of nitrogens with zero attached hydrogens (tertiary/aromatic N) is 1. The number of aliphatic hydroxyl groups excluding tert-OH is 1. The summed E-state index contributed by atoms with van der Waals surface area (Å²) >= 11 is 0.